The van der Waals surface area contributed by atoms with Crippen LogP contribution in [0.15, 0.2) is 11.0 Å². The van der Waals surface area contributed by atoms with Crippen molar-refractivity contribution < 1.29 is 0 Å². The standard InChI is InChI=1S/C17H30N2O/c1-15(2,3)10-12-11-18-19(17(7,8)9)14(20)13(12)16(4,5)6/h11H,10H2,1-9H3. The Bertz CT molecular complexity index is 534. The molecular formula is C17H30N2O. The Morgan fingerprint density at radius 3 is 1.85 bits per heavy atom. The van der Waals surface area contributed by atoms with Crippen LogP contribution in [-0.4, -0.2) is 9.78 Å². The Morgan fingerprint density at radius 2 is 1.50 bits per heavy atom. The number of nitrogens with zero attached hydrogens (tertiary/aromatic N) is 2. The van der Waals surface area contributed by atoms with Crippen molar-refractivity contribution in [2.45, 2.75) is 79.7 Å². The molecule has 0 unspecified atom stereocenters. The van der Waals surface area contributed by atoms with Gasteiger partial charge in [0.25, 0.3) is 5.56 Å². The van der Waals surface area contributed by atoms with Gasteiger partial charge in [-0.25, -0.2) is 4.68 Å². The zero-order chi connectivity index (χ0) is 15.9. The van der Waals surface area contributed by atoms with Crippen LogP contribution in [0.25, 0.3) is 0 Å². The van der Waals surface area contributed by atoms with E-state index in [1.807, 2.05) is 27.0 Å². The molecule has 0 aliphatic heterocycles. The van der Waals surface area contributed by atoms with Gasteiger partial charge in [-0.15, -0.1) is 0 Å². The van der Waals surface area contributed by atoms with Crippen molar-refractivity contribution >= 4 is 0 Å². The van der Waals surface area contributed by atoms with E-state index < -0.39 is 0 Å². The van der Waals surface area contributed by atoms with Crippen LogP contribution in [0, 0.1) is 5.41 Å². The van der Waals surface area contributed by atoms with Crippen molar-refractivity contribution in [3.63, 3.8) is 0 Å². The number of aromatic nitrogens is 2. The van der Waals surface area contributed by atoms with Gasteiger partial charge < -0.3 is 0 Å². The SMILES string of the molecule is CC(C)(C)Cc1cnn(C(C)(C)C)c(=O)c1C(C)(C)C. The van der Waals surface area contributed by atoms with Gasteiger partial charge in [-0.05, 0) is 43.6 Å². The molecule has 0 aromatic carbocycles. The number of rotatable bonds is 1. The molecule has 1 heterocycles. The predicted molar refractivity (Wildman–Crippen MR) is 85.4 cm³/mol. The fourth-order valence-electron chi connectivity index (χ4n) is 2.47. The lowest BCUT2D eigenvalue weighted by Crippen LogP contribution is -2.41. The van der Waals surface area contributed by atoms with Crippen LogP contribution in [0.4, 0.5) is 0 Å². The van der Waals surface area contributed by atoms with Crippen molar-refractivity contribution in [3.8, 4) is 0 Å². The van der Waals surface area contributed by atoms with E-state index >= 15 is 0 Å². The molecule has 0 atom stereocenters. The quantitative estimate of drug-likeness (QED) is 0.781. The predicted octanol–water partition coefficient (Wildman–Crippen LogP) is 3.88. The zero-order valence-electron chi connectivity index (χ0n) is 14.6. The number of hydrogen-bond acceptors (Lipinski definition) is 2. The third-order valence-corrected chi connectivity index (χ3v) is 3.16. The Balaban J connectivity index is 3.58. The summed E-state index contributed by atoms with van der Waals surface area (Å²) in [6.07, 6.45) is 2.76. The second-order valence-corrected chi connectivity index (χ2v) is 8.92. The Morgan fingerprint density at radius 1 is 1.00 bits per heavy atom. The minimum absolute atomic E-state index is 0.0479. The molecule has 0 spiro atoms. The highest BCUT2D eigenvalue weighted by Gasteiger charge is 2.28. The Labute approximate surface area is 123 Å². The van der Waals surface area contributed by atoms with Crippen molar-refractivity contribution in [1.29, 1.82) is 0 Å². The summed E-state index contributed by atoms with van der Waals surface area (Å²) in [5.74, 6) is 0. The second kappa shape index (κ2) is 5.01. The monoisotopic (exact) mass is 278 g/mol. The van der Waals surface area contributed by atoms with Gasteiger partial charge in [-0.2, -0.15) is 5.10 Å². The van der Waals surface area contributed by atoms with Gasteiger partial charge in [0, 0.05) is 5.56 Å². The van der Waals surface area contributed by atoms with Gasteiger partial charge in [0.2, 0.25) is 0 Å². The lowest BCUT2D eigenvalue weighted by molar-refractivity contribution is 0.327. The highest BCUT2D eigenvalue weighted by molar-refractivity contribution is 5.29. The smallest absolute Gasteiger partial charge is 0.267 e. The van der Waals surface area contributed by atoms with Gasteiger partial charge >= 0.3 is 0 Å². The molecule has 0 saturated carbocycles. The fourth-order valence-corrected chi connectivity index (χ4v) is 2.47. The van der Waals surface area contributed by atoms with Crippen molar-refractivity contribution in [2.24, 2.45) is 5.41 Å². The van der Waals surface area contributed by atoms with E-state index in [0.29, 0.717) is 0 Å². The topological polar surface area (TPSA) is 34.9 Å². The van der Waals surface area contributed by atoms with E-state index in [2.05, 4.69) is 46.6 Å². The average molecular weight is 278 g/mol. The van der Waals surface area contributed by atoms with Crippen LogP contribution in [0.1, 0.15) is 73.4 Å². The molecule has 1 aromatic rings. The average Bonchev–Trinajstić information content (AvgIpc) is 2.09. The third kappa shape index (κ3) is 3.94. The minimum atomic E-state index is -0.294. The van der Waals surface area contributed by atoms with Crippen molar-refractivity contribution in [2.75, 3.05) is 0 Å². The van der Waals surface area contributed by atoms with E-state index in [0.717, 1.165) is 17.5 Å². The molecule has 20 heavy (non-hydrogen) atoms. The van der Waals surface area contributed by atoms with Crippen LogP contribution in [0.5, 0.6) is 0 Å². The molecule has 1 aromatic heterocycles. The summed E-state index contributed by atoms with van der Waals surface area (Å²) in [7, 11) is 0. The lowest BCUT2D eigenvalue weighted by Gasteiger charge is -2.29. The first-order valence-electron chi connectivity index (χ1n) is 7.36. The van der Waals surface area contributed by atoms with Gasteiger partial charge in [0.05, 0.1) is 11.7 Å². The van der Waals surface area contributed by atoms with Gasteiger partial charge in [-0.3, -0.25) is 4.79 Å². The molecule has 3 heteroatoms. The first-order valence-corrected chi connectivity index (χ1v) is 7.36. The largest absolute Gasteiger partial charge is 0.271 e. The van der Waals surface area contributed by atoms with Crippen LogP contribution < -0.4 is 5.56 Å². The minimum Gasteiger partial charge on any atom is -0.267 e. The van der Waals surface area contributed by atoms with E-state index in [4.69, 9.17) is 0 Å². The highest BCUT2D eigenvalue weighted by atomic mass is 16.1. The van der Waals surface area contributed by atoms with Crippen LogP contribution in [0.3, 0.4) is 0 Å². The Hall–Kier alpha value is -1.12. The summed E-state index contributed by atoms with van der Waals surface area (Å²) in [5.41, 5.74) is 1.70. The second-order valence-electron chi connectivity index (χ2n) is 8.92. The highest BCUT2D eigenvalue weighted by Crippen LogP contribution is 2.28. The maximum atomic E-state index is 12.9. The summed E-state index contributed by atoms with van der Waals surface area (Å²) in [6, 6.07) is 0. The van der Waals surface area contributed by atoms with Gasteiger partial charge in [0.1, 0.15) is 0 Å². The molecule has 1 rings (SSSR count). The zero-order valence-corrected chi connectivity index (χ0v) is 14.6. The first-order chi connectivity index (χ1) is 8.73. The van der Waals surface area contributed by atoms with E-state index in [-0.39, 0.29) is 21.9 Å². The molecule has 0 amide bonds. The van der Waals surface area contributed by atoms with Crippen LogP contribution in [-0.2, 0) is 17.4 Å². The molecule has 0 radical (unpaired) electrons. The molecule has 0 aliphatic rings. The molecular weight excluding hydrogens is 248 g/mol. The molecule has 0 aliphatic carbocycles. The molecule has 0 N–H and O–H groups in total. The molecule has 0 bridgehead atoms. The summed E-state index contributed by atoms with van der Waals surface area (Å²) in [5, 5.41) is 4.41. The van der Waals surface area contributed by atoms with Crippen molar-refractivity contribution in [1.82, 2.24) is 9.78 Å². The van der Waals surface area contributed by atoms with Crippen LogP contribution in [0.2, 0.25) is 0 Å². The summed E-state index contributed by atoms with van der Waals surface area (Å²) < 4.78 is 1.61. The normalized spacial score (nSPS) is 13.7. The summed E-state index contributed by atoms with van der Waals surface area (Å²) >= 11 is 0. The molecule has 3 nitrogen and oxygen atoms in total. The molecule has 0 saturated heterocycles. The maximum Gasteiger partial charge on any atom is 0.271 e. The maximum absolute atomic E-state index is 12.9. The van der Waals surface area contributed by atoms with E-state index in [1.165, 1.54) is 0 Å². The number of hydrogen-bond donors (Lipinski definition) is 0. The summed E-state index contributed by atoms with van der Waals surface area (Å²) in [6.45, 7) is 18.9. The molecule has 0 fully saturated rings. The summed E-state index contributed by atoms with van der Waals surface area (Å²) in [4.78, 5) is 12.9. The lowest BCUT2D eigenvalue weighted by atomic mass is 9.79. The fraction of sp³-hybridized carbons (Fsp3) is 0.765. The third-order valence-electron chi connectivity index (χ3n) is 3.16. The van der Waals surface area contributed by atoms with Gasteiger partial charge in [-0.1, -0.05) is 41.5 Å². The van der Waals surface area contributed by atoms with Crippen molar-refractivity contribution in [3.05, 3.63) is 27.7 Å². The molecule has 114 valence electrons. The van der Waals surface area contributed by atoms with Crippen LogP contribution >= 0.6 is 0 Å². The van der Waals surface area contributed by atoms with E-state index in [9.17, 15) is 4.79 Å². The first kappa shape index (κ1) is 16.9. The Kier molecular flexibility index (Phi) is 4.24. The van der Waals surface area contributed by atoms with E-state index in [1.54, 1.807) is 4.68 Å². The van der Waals surface area contributed by atoms with Gasteiger partial charge in [0.15, 0.2) is 0 Å².